The van der Waals surface area contributed by atoms with Crippen LogP contribution in [0.3, 0.4) is 0 Å². The van der Waals surface area contributed by atoms with Gasteiger partial charge in [-0.3, -0.25) is 0 Å². The van der Waals surface area contributed by atoms with Crippen molar-refractivity contribution in [3.8, 4) is 40.0 Å². The van der Waals surface area contributed by atoms with E-state index in [1.165, 1.54) is 0 Å². The van der Waals surface area contributed by atoms with Gasteiger partial charge in [-0.25, -0.2) is 9.97 Å². The second kappa shape index (κ2) is 7.51. The normalized spacial score (nSPS) is 11.8. The molecule has 144 valence electrons. The van der Waals surface area contributed by atoms with E-state index in [0.29, 0.717) is 34.6 Å². The van der Waals surface area contributed by atoms with E-state index in [2.05, 4.69) is 15.3 Å². The average Bonchev–Trinajstić information content (AvgIpc) is 3.21. The van der Waals surface area contributed by atoms with E-state index in [4.69, 9.17) is 23.7 Å². The van der Waals surface area contributed by atoms with Gasteiger partial charge >= 0.3 is 0 Å². The molecular formula is C20H19N3O5. The lowest BCUT2D eigenvalue weighted by molar-refractivity contribution is 0.174. The highest BCUT2D eigenvalue weighted by molar-refractivity contribution is 5.68. The number of rotatable bonds is 6. The molecule has 28 heavy (non-hydrogen) atoms. The van der Waals surface area contributed by atoms with Crippen molar-refractivity contribution in [3.05, 3.63) is 42.6 Å². The van der Waals surface area contributed by atoms with Crippen LogP contribution in [0.15, 0.2) is 42.6 Å². The van der Waals surface area contributed by atoms with Crippen LogP contribution in [0.5, 0.6) is 28.7 Å². The van der Waals surface area contributed by atoms with Crippen LogP contribution in [-0.4, -0.2) is 38.1 Å². The summed E-state index contributed by atoms with van der Waals surface area (Å²) < 4.78 is 26.9. The molecule has 0 unspecified atom stereocenters. The van der Waals surface area contributed by atoms with Crippen molar-refractivity contribution in [3.63, 3.8) is 0 Å². The van der Waals surface area contributed by atoms with Gasteiger partial charge in [0.15, 0.2) is 23.0 Å². The molecule has 1 aliphatic heterocycles. The van der Waals surface area contributed by atoms with Crippen LogP contribution in [0.4, 0.5) is 11.6 Å². The Balaban J connectivity index is 1.64. The fraction of sp³-hybridized carbons (Fsp3) is 0.200. The molecule has 0 spiro atoms. The van der Waals surface area contributed by atoms with Crippen LogP contribution in [0.2, 0.25) is 0 Å². The smallest absolute Gasteiger partial charge is 0.231 e. The van der Waals surface area contributed by atoms with Gasteiger partial charge < -0.3 is 29.0 Å². The van der Waals surface area contributed by atoms with Crippen LogP contribution >= 0.6 is 0 Å². The molecule has 1 N–H and O–H groups in total. The van der Waals surface area contributed by atoms with E-state index in [-0.39, 0.29) is 6.79 Å². The van der Waals surface area contributed by atoms with Gasteiger partial charge in [0, 0.05) is 29.6 Å². The first-order valence-electron chi connectivity index (χ1n) is 8.52. The molecule has 0 bridgehead atoms. The summed E-state index contributed by atoms with van der Waals surface area (Å²) >= 11 is 0. The highest BCUT2D eigenvalue weighted by Gasteiger charge is 2.16. The third-order valence-corrected chi connectivity index (χ3v) is 4.24. The third kappa shape index (κ3) is 3.32. The Bertz CT molecular complexity index is 984. The zero-order valence-corrected chi connectivity index (χ0v) is 15.7. The minimum Gasteiger partial charge on any atom is -0.493 e. The molecule has 0 atom stereocenters. The lowest BCUT2D eigenvalue weighted by Gasteiger charge is -2.14. The minimum atomic E-state index is 0.233. The molecule has 0 radical (unpaired) electrons. The Kier molecular flexibility index (Phi) is 4.76. The molecule has 1 aromatic heterocycles. The van der Waals surface area contributed by atoms with E-state index in [9.17, 15) is 0 Å². The number of ether oxygens (including phenoxy) is 5. The summed E-state index contributed by atoms with van der Waals surface area (Å²) in [6.07, 6.45) is 1.69. The quantitative estimate of drug-likeness (QED) is 0.693. The standard InChI is InChI=1S/C20H19N3O5/c1-24-17-9-13(10-18(25-2)19(17)26-3)22-20-21-7-6-14(23-20)12-4-5-15-16(8-12)28-11-27-15/h4-10H,11H2,1-3H3,(H,21,22,23). The fourth-order valence-corrected chi connectivity index (χ4v) is 2.92. The van der Waals surface area contributed by atoms with Gasteiger partial charge in [-0.2, -0.15) is 0 Å². The first kappa shape index (κ1) is 17.7. The molecule has 3 aromatic rings. The summed E-state index contributed by atoms with van der Waals surface area (Å²) in [7, 11) is 4.70. The summed E-state index contributed by atoms with van der Waals surface area (Å²) in [5.74, 6) is 3.46. The molecule has 0 amide bonds. The van der Waals surface area contributed by atoms with E-state index in [1.807, 2.05) is 24.3 Å². The molecule has 4 rings (SSSR count). The summed E-state index contributed by atoms with van der Waals surface area (Å²) in [4.78, 5) is 8.88. The predicted molar refractivity (Wildman–Crippen MR) is 103 cm³/mol. The molecule has 2 heterocycles. The van der Waals surface area contributed by atoms with Crippen molar-refractivity contribution in [1.82, 2.24) is 9.97 Å². The number of nitrogens with one attached hydrogen (secondary N) is 1. The number of methoxy groups -OCH3 is 3. The van der Waals surface area contributed by atoms with Crippen LogP contribution in [0, 0.1) is 0 Å². The highest BCUT2D eigenvalue weighted by Crippen LogP contribution is 2.40. The Morgan fingerprint density at radius 1 is 0.893 bits per heavy atom. The van der Waals surface area contributed by atoms with Crippen molar-refractivity contribution in [2.45, 2.75) is 0 Å². The molecule has 8 heteroatoms. The second-order valence-electron chi connectivity index (χ2n) is 5.87. The molecule has 0 saturated heterocycles. The number of fused-ring (bicyclic) bond motifs is 1. The molecule has 1 aliphatic rings. The molecule has 0 saturated carbocycles. The van der Waals surface area contributed by atoms with Gasteiger partial charge in [0.05, 0.1) is 27.0 Å². The third-order valence-electron chi connectivity index (χ3n) is 4.24. The van der Waals surface area contributed by atoms with Crippen LogP contribution < -0.4 is 29.0 Å². The maximum absolute atomic E-state index is 5.44. The van der Waals surface area contributed by atoms with Gasteiger partial charge in [-0.05, 0) is 24.3 Å². The van der Waals surface area contributed by atoms with Gasteiger partial charge in [-0.15, -0.1) is 0 Å². The van der Waals surface area contributed by atoms with Crippen molar-refractivity contribution in [2.75, 3.05) is 33.4 Å². The van der Waals surface area contributed by atoms with Crippen molar-refractivity contribution in [1.29, 1.82) is 0 Å². The summed E-state index contributed by atoms with van der Waals surface area (Å²) in [5.41, 5.74) is 2.36. The lowest BCUT2D eigenvalue weighted by Crippen LogP contribution is -2.00. The first-order chi connectivity index (χ1) is 13.7. The number of aromatic nitrogens is 2. The van der Waals surface area contributed by atoms with E-state index >= 15 is 0 Å². The van der Waals surface area contributed by atoms with E-state index in [0.717, 1.165) is 17.0 Å². The Labute approximate surface area is 162 Å². The molecule has 2 aromatic carbocycles. The van der Waals surface area contributed by atoms with Crippen molar-refractivity contribution < 1.29 is 23.7 Å². The largest absolute Gasteiger partial charge is 0.493 e. The summed E-state index contributed by atoms with van der Waals surface area (Å²) in [6.45, 7) is 0.233. The fourth-order valence-electron chi connectivity index (χ4n) is 2.92. The molecule has 8 nitrogen and oxygen atoms in total. The average molecular weight is 381 g/mol. The van der Waals surface area contributed by atoms with Crippen LogP contribution in [0.25, 0.3) is 11.3 Å². The first-order valence-corrected chi connectivity index (χ1v) is 8.52. The Morgan fingerprint density at radius 3 is 2.36 bits per heavy atom. The SMILES string of the molecule is COc1cc(Nc2nccc(-c3ccc4c(c3)OCO4)n2)cc(OC)c1OC. The Morgan fingerprint density at radius 2 is 1.64 bits per heavy atom. The number of hydrogen-bond donors (Lipinski definition) is 1. The van der Waals surface area contributed by atoms with Gasteiger partial charge in [0.2, 0.25) is 18.5 Å². The maximum atomic E-state index is 5.44. The number of benzene rings is 2. The zero-order valence-electron chi connectivity index (χ0n) is 15.7. The zero-order chi connectivity index (χ0) is 19.5. The maximum Gasteiger partial charge on any atom is 0.231 e. The number of nitrogens with zero attached hydrogens (tertiary/aromatic N) is 2. The lowest BCUT2D eigenvalue weighted by atomic mass is 10.1. The Hall–Kier alpha value is -3.68. The van der Waals surface area contributed by atoms with Crippen molar-refractivity contribution in [2.24, 2.45) is 0 Å². The summed E-state index contributed by atoms with van der Waals surface area (Å²) in [6, 6.07) is 11.1. The minimum absolute atomic E-state index is 0.233. The van der Waals surface area contributed by atoms with Gasteiger partial charge in [0.25, 0.3) is 0 Å². The van der Waals surface area contributed by atoms with Crippen molar-refractivity contribution >= 4 is 11.6 Å². The van der Waals surface area contributed by atoms with E-state index < -0.39 is 0 Å². The summed E-state index contributed by atoms with van der Waals surface area (Å²) in [5, 5.41) is 3.17. The monoisotopic (exact) mass is 381 g/mol. The second-order valence-corrected chi connectivity index (χ2v) is 5.87. The molecule has 0 fully saturated rings. The van der Waals surface area contributed by atoms with E-state index in [1.54, 1.807) is 39.7 Å². The highest BCUT2D eigenvalue weighted by atomic mass is 16.7. The topological polar surface area (TPSA) is 84.0 Å². The molecule has 0 aliphatic carbocycles. The number of hydrogen-bond acceptors (Lipinski definition) is 8. The number of anilines is 2. The predicted octanol–water partition coefficient (Wildman–Crippen LogP) is 3.64. The van der Waals surface area contributed by atoms with Gasteiger partial charge in [0.1, 0.15) is 0 Å². The van der Waals surface area contributed by atoms with Crippen LogP contribution in [0.1, 0.15) is 0 Å². The van der Waals surface area contributed by atoms with Gasteiger partial charge in [-0.1, -0.05) is 0 Å². The molecular weight excluding hydrogens is 362 g/mol. The van der Waals surface area contributed by atoms with Crippen LogP contribution in [-0.2, 0) is 0 Å².